The maximum atomic E-state index is 12.3. The number of carbonyl (C=O) groups is 1. The van der Waals surface area contributed by atoms with Gasteiger partial charge < -0.3 is 20.5 Å². The Hall–Kier alpha value is -1.67. The molecule has 5 nitrogen and oxygen atoms in total. The van der Waals surface area contributed by atoms with Crippen LogP contribution in [0.15, 0.2) is 30.3 Å². The molecule has 0 spiro atoms. The predicted octanol–water partition coefficient (Wildman–Crippen LogP) is 3.51. The molecule has 0 bridgehead atoms. The fourth-order valence-corrected chi connectivity index (χ4v) is 2.68. The number of hydrogen-bond donors (Lipinski definition) is 2. The van der Waals surface area contributed by atoms with Crippen molar-refractivity contribution in [2.24, 2.45) is 0 Å². The third-order valence-electron chi connectivity index (χ3n) is 2.97. The quantitative estimate of drug-likeness (QED) is 0.580. The van der Waals surface area contributed by atoms with Crippen LogP contribution in [0.25, 0.3) is 0 Å². The van der Waals surface area contributed by atoms with Gasteiger partial charge in [-0.15, -0.1) is 0 Å². The molecule has 1 aliphatic rings. The Balaban J connectivity index is 1.90. The van der Waals surface area contributed by atoms with Gasteiger partial charge in [-0.2, -0.15) is 0 Å². The second-order valence-electron chi connectivity index (χ2n) is 4.37. The molecule has 0 fully saturated rings. The number of halogens is 2. The lowest BCUT2D eigenvalue weighted by molar-refractivity contribution is 0.102. The SMILES string of the molecule is Nc1cc2c(cc1NC(=O)c1cc(Cl)ccc1I)OCO2. The highest BCUT2D eigenvalue weighted by Crippen LogP contribution is 2.38. The van der Waals surface area contributed by atoms with Crippen molar-refractivity contribution >= 4 is 51.5 Å². The summed E-state index contributed by atoms with van der Waals surface area (Å²) in [5, 5.41) is 3.26. The summed E-state index contributed by atoms with van der Waals surface area (Å²) >= 11 is 8.00. The molecular formula is C14H10ClIN2O3. The van der Waals surface area contributed by atoms with Gasteiger partial charge in [-0.3, -0.25) is 4.79 Å². The van der Waals surface area contributed by atoms with Crippen LogP contribution in [-0.2, 0) is 0 Å². The maximum Gasteiger partial charge on any atom is 0.256 e. The van der Waals surface area contributed by atoms with Crippen LogP contribution in [0.1, 0.15) is 10.4 Å². The van der Waals surface area contributed by atoms with Crippen LogP contribution in [0.4, 0.5) is 11.4 Å². The lowest BCUT2D eigenvalue weighted by Gasteiger charge is -2.10. The molecule has 7 heteroatoms. The van der Waals surface area contributed by atoms with E-state index < -0.39 is 0 Å². The zero-order valence-electron chi connectivity index (χ0n) is 10.7. The summed E-state index contributed by atoms with van der Waals surface area (Å²) in [4.78, 5) is 12.3. The summed E-state index contributed by atoms with van der Waals surface area (Å²) in [5.41, 5.74) is 7.28. The third-order valence-corrected chi connectivity index (χ3v) is 4.14. The van der Waals surface area contributed by atoms with Crippen molar-refractivity contribution in [2.75, 3.05) is 17.8 Å². The number of fused-ring (bicyclic) bond motifs is 1. The predicted molar refractivity (Wildman–Crippen MR) is 89.1 cm³/mol. The van der Waals surface area contributed by atoms with Crippen molar-refractivity contribution in [2.45, 2.75) is 0 Å². The van der Waals surface area contributed by atoms with E-state index in [0.29, 0.717) is 33.5 Å². The smallest absolute Gasteiger partial charge is 0.256 e. The molecule has 0 radical (unpaired) electrons. The summed E-state index contributed by atoms with van der Waals surface area (Å²) in [6, 6.07) is 8.39. The van der Waals surface area contributed by atoms with Crippen molar-refractivity contribution in [3.8, 4) is 11.5 Å². The zero-order valence-corrected chi connectivity index (χ0v) is 13.6. The van der Waals surface area contributed by atoms with E-state index in [2.05, 4.69) is 27.9 Å². The molecule has 0 atom stereocenters. The molecule has 0 saturated heterocycles. The first-order valence-electron chi connectivity index (χ1n) is 6.00. The number of rotatable bonds is 2. The minimum absolute atomic E-state index is 0.151. The first-order chi connectivity index (χ1) is 10.0. The van der Waals surface area contributed by atoms with Gasteiger partial charge in [-0.05, 0) is 40.8 Å². The topological polar surface area (TPSA) is 73.6 Å². The highest BCUT2D eigenvalue weighted by atomic mass is 127. The normalized spacial score (nSPS) is 12.3. The van der Waals surface area contributed by atoms with Gasteiger partial charge in [-0.1, -0.05) is 11.6 Å². The minimum atomic E-state index is -0.285. The standard InChI is InChI=1S/C14H10ClIN2O3/c15-7-1-2-9(16)8(3-7)14(19)18-11-5-13-12(4-10(11)17)20-6-21-13/h1-5H,6,17H2,(H,18,19). The summed E-state index contributed by atoms with van der Waals surface area (Å²) < 4.78 is 11.3. The molecule has 0 saturated carbocycles. The van der Waals surface area contributed by atoms with Crippen molar-refractivity contribution in [1.82, 2.24) is 0 Å². The molecule has 0 unspecified atom stereocenters. The molecule has 3 N–H and O–H groups in total. The number of carbonyl (C=O) groups excluding carboxylic acids is 1. The summed E-state index contributed by atoms with van der Waals surface area (Å²) in [6.45, 7) is 0.151. The van der Waals surface area contributed by atoms with Gasteiger partial charge in [0.15, 0.2) is 11.5 Å². The number of anilines is 2. The Labute approximate surface area is 139 Å². The average Bonchev–Trinajstić information content (AvgIpc) is 2.88. The number of benzene rings is 2. The first-order valence-corrected chi connectivity index (χ1v) is 7.46. The van der Waals surface area contributed by atoms with E-state index in [1.165, 1.54) is 0 Å². The van der Waals surface area contributed by atoms with Gasteiger partial charge in [0.25, 0.3) is 5.91 Å². The molecule has 1 heterocycles. The summed E-state index contributed by atoms with van der Waals surface area (Å²) in [6.07, 6.45) is 0. The molecule has 108 valence electrons. The van der Waals surface area contributed by atoms with Crippen molar-refractivity contribution in [1.29, 1.82) is 0 Å². The Morgan fingerprint density at radius 1 is 1.24 bits per heavy atom. The molecule has 1 amide bonds. The summed E-state index contributed by atoms with van der Waals surface area (Å²) in [5.74, 6) is 0.843. The molecule has 21 heavy (non-hydrogen) atoms. The lowest BCUT2D eigenvalue weighted by Crippen LogP contribution is -2.14. The average molecular weight is 417 g/mol. The number of amides is 1. The van der Waals surface area contributed by atoms with Gasteiger partial charge in [0.1, 0.15) is 0 Å². The second kappa shape index (κ2) is 5.61. The van der Waals surface area contributed by atoms with Crippen molar-refractivity contribution in [3.63, 3.8) is 0 Å². The second-order valence-corrected chi connectivity index (χ2v) is 5.97. The van der Waals surface area contributed by atoms with E-state index in [1.54, 1.807) is 30.3 Å². The van der Waals surface area contributed by atoms with E-state index in [0.717, 1.165) is 3.57 Å². The van der Waals surface area contributed by atoms with E-state index in [9.17, 15) is 4.79 Å². The number of hydrogen-bond acceptors (Lipinski definition) is 4. The lowest BCUT2D eigenvalue weighted by atomic mass is 10.2. The Kier molecular flexibility index (Phi) is 3.81. The van der Waals surface area contributed by atoms with Crippen LogP contribution < -0.4 is 20.5 Å². The third kappa shape index (κ3) is 2.86. The fourth-order valence-electron chi connectivity index (χ4n) is 1.93. The van der Waals surface area contributed by atoms with Gasteiger partial charge in [0, 0.05) is 20.7 Å². The van der Waals surface area contributed by atoms with E-state index in [-0.39, 0.29) is 12.7 Å². The molecule has 2 aromatic carbocycles. The van der Waals surface area contributed by atoms with Gasteiger partial charge in [-0.25, -0.2) is 0 Å². The van der Waals surface area contributed by atoms with Crippen molar-refractivity contribution < 1.29 is 14.3 Å². The van der Waals surface area contributed by atoms with E-state index >= 15 is 0 Å². The van der Waals surface area contributed by atoms with Gasteiger partial charge in [0.05, 0.1) is 16.9 Å². The molecule has 1 aliphatic heterocycles. The highest BCUT2D eigenvalue weighted by molar-refractivity contribution is 14.1. The van der Waals surface area contributed by atoms with Crippen LogP contribution in [0.2, 0.25) is 5.02 Å². The van der Waals surface area contributed by atoms with Crippen LogP contribution in [0, 0.1) is 3.57 Å². The van der Waals surface area contributed by atoms with E-state index in [1.807, 2.05) is 0 Å². The largest absolute Gasteiger partial charge is 0.454 e. The number of nitrogen functional groups attached to an aromatic ring is 1. The molecule has 2 aromatic rings. The highest BCUT2D eigenvalue weighted by Gasteiger charge is 2.18. The number of nitrogens with two attached hydrogens (primary N) is 1. The van der Waals surface area contributed by atoms with Gasteiger partial charge in [0.2, 0.25) is 6.79 Å². The fraction of sp³-hybridized carbons (Fsp3) is 0.0714. The van der Waals surface area contributed by atoms with Crippen LogP contribution in [0.3, 0.4) is 0 Å². The Morgan fingerprint density at radius 3 is 2.71 bits per heavy atom. The molecule has 0 aliphatic carbocycles. The monoisotopic (exact) mass is 416 g/mol. The van der Waals surface area contributed by atoms with Crippen LogP contribution in [0.5, 0.6) is 11.5 Å². The van der Waals surface area contributed by atoms with E-state index in [4.69, 9.17) is 26.8 Å². The molecular weight excluding hydrogens is 407 g/mol. The maximum absolute atomic E-state index is 12.3. The first kappa shape index (κ1) is 14.3. The number of nitrogens with one attached hydrogen (secondary N) is 1. The minimum Gasteiger partial charge on any atom is -0.454 e. The summed E-state index contributed by atoms with van der Waals surface area (Å²) in [7, 11) is 0. The molecule has 3 rings (SSSR count). The number of ether oxygens (including phenoxy) is 2. The van der Waals surface area contributed by atoms with Crippen LogP contribution in [-0.4, -0.2) is 12.7 Å². The zero-order chi connectivity index (χ0) is 15.0. The molecule has 0 aromatic heterocycles. The Bertz CT molecular complexity index is 736. The Morgan fingerprint density at radius 2 is 1.95 bits per heavy atom. The van der Waals surface area contributed by atoms with Gasteiger partial charge >= 0.3 is 0 Å². The van der Waals surface area contributed by atoms with Crippen LogP contribution >= 0.6 is 34.2 Å². The van der Waals surface area contributed by atoms with Crippen molar-refractivity contribution in [3.05, 3.63) is 44.5 Å².